The smallest absolute Gasteiger partial charge is 0.433 e. The first kappa shape index (κ1) is 27.3. The van der Waals surface area contributed by atoms with Gasteiger partial charge < -0.3 is 9.64 Å². The van der Waals surface area contributed by atoms with Crippen LogP contribution in [-0.2, 0) is 23.5 Å². The fourth-order valence-corrected chi connectivity index (χ4v) is 5.84. The Hall–Kier alpha value is -3.31. The second-order valence-corrected chi connectivity index (χ2v) is 11.3. The number of alkyl halides is 6. The van der Waals surface area contributed by atoms with Crippen LogP contribution in [0.5, 0.6) is 0 Å². The lowest BCUT2D eigenvalue weighted by Crippen LogP contribution is -2.47. The number of carbonyl (C=O) groups excluding carboxylic acids is 1. The second-order valence-electron chi connectivity index (χ2n) is 11.3. The number of amides is 1. The number of aromatic nitrogens is 3. The molecular formula is C27H28F6N4O2. The normalized spacial score (nSPS) is 22.0. The van der Waals surface area contributed by atoms with Crippen molar-refractivity contribution in [1.29, 1.82) is 0 Å². The van der Waals surface area contributed by atoms with Crippen molar-refractivity contribution >= 4 is 11.7 Å². The van der Waals surface area contributed by atoms with Gasteiger partial charge in [-0.25, -0.2) is 14.3 Å². The Morgan fingerprint density at radius 2 is 1.56 bits per heavy atom. The molecule has 1 aliphatic heterocycles. The molecule has 3 aromatic rings. The summed E-state index contributed by atoms with van der Waals surface area (Å²) in [6.45, 7) is 6.29. The van der Waals surface area contributed by atoms with Gasteiger partial charge in [0.2, 0.25) is 0 Å². The first-order valence-electron chi connectivity index (χ1n) is 12.7. The number of ether oxygens (including phenoxy) is 1. The maximum absolute atomic E-state index is 13.8. The van der Waals surface area contributed by atoms with Crippen LogP contribution < -0.4 is 0 Å². The number of pyridine rings is 1. The van der Waals surface area contributed by atoms with Gasteiger partial charge in [0.05, 0.1) is 5.56 Å². The fourth-order valence-electron chi connectivity index (χ4n) is 5.84. The van der Waals surface area contributed by atoms with Gasteiger partial charge in [0.25, 0.3) is 0 Å². The molecule has 2 bridgehead atoms. The van der Waals surface area contributed by atoms with E-state index in [-0.39, 0.29) is 46.8 Å². The van der Waals surface area contributed by atoms with Crippen LogP contribution in [0, 0.1) is 17.8 Å². The standard InChI is InChI=1S/C27H28F6N4O2/c1-25(2,3)39-24(38)36-13-15-8-9-16(14-36)19(15)12-22-34-23-18(10-11-21(27(31,32)33)37(23)35-22)17-6-4-5-7-20(17)26(28,29)30/h4-7,10-11,15-16,19H,8-9,12-14H2,1-3H3/t15-,16+,19?. The lowest BCUT2D eigenvalue weighted by Gasteiger charge is -2.38. The van der Waals surface area contributed by atoms with Crippen molar-refractivity contribution in [2.24, 2.45) is 17.8 Å². The number of hydrogen-bond acceptors (Lipinski definition) is 4. The zero-order valence-electron chi connectivity index (χ0n) is 21.6. The van der Waals surface area contributed by atoms with Gasteiger partial charge in [0, 0.05) is 25.1 Å². The lowest BCUT2D eigenvalue weighted by atomic mass is 9.82. The molecule has 12 heteroatoms. The van der Waals surface area contributed by atoms with Crippen LogP contribution in [0.4, 0.5) is 31.1 Å². The van der Waals surface area contributed by atoms with Crippen LogP contribution >= 0.6 is 0 Å². The molecule has 3 atom stereocenters. The number of carbonyl (C=O) groups is 1. The maximum atomic E-state index is 13.8. The summed E-state index contributed by atoms with van der Waals surface area (Å²) in [5, 5.41) is 4.15. The first-order valence-corrected chi connectivity index (χ1v) is 12.7. The summed E-state index contributed by atoms with van der Waals surface area (Å²) in [5.74, 6) is 0.345. The number of rotatable bonds is 3. The van der Waals surface area contributed by atoms with Crippen LogP contribution in [-0.4, -0.2) is 44.3 Å². The molecule has 0 spiro atoms. The van der Waals surface area contributed by atoms with Gasteiger partial charge in [-0.15, -0.1) is 0 Å². The molecule has 1 amide bonds. The Morgan fingerprint density at radius 1 is 0.923 bits per heavy atom. The van der Waals surface area contributed by atoms with E-state index in [2.05, 4.69) is 10.1 Å². The van der Waals surface area contributed by atoms with E-state index in [1.165, 1.54) is 18.2 Å². The van der Waals surface area contributed by atoms with Crippen LogP contribution in [0.15, 0.2) is 36.4 Å². The monoisotopic (exact) mass is 554 g/mol. The van der Waals surface area contributed by atoms with E-state index in [0.717, 1.165) is 31.0 Å². The maximum Gasteiger partial charge on any atom is 0.433 e. The number of likely N-dealkylation sites (tertiary alicyclic amines) is 1. The molecular weight excluding hydrogens is 526 g/mol. The Labute approximate surface area is 221 Å². The van der Waals surface area contributed by atoms with E-state index in [1.807, 2.05) is 0 Å². The zero-order valence-corrected chi connectivity index (χ0v) is 21.6. The largest absolute Gasteiger partial charge is 0.444 e. The first-order chi connectivity index (χ1) is 18.1. The van der Waals surface area contributed by atoms with Crippen molar-refractivity contribution in [1.82, 2.24) is 19.5 Å². The summed E-state index contributed by atoms with van der Waals surface area (Å²) in [5.41, 5.74) is -3.36. The summed E-state index contributed by atoms with van der Waals surface area (Å²) in [6, 6.07) is 6.47. The van der Waals surface area contributed by atoms with Crippen LogP contribution in [0.25, 0.3) is 16.8 Å². The number of piperidine rings is 1. The molecule has 39 heavy (non-hydrogen) atoms. The van der Waals surface area contributed by atoms with E-state index in [9.17, 15) is 31.1 Å². The van der Waals surface area contributed by atoms with Crippen molar-refractivity contribution in [3.63, 3.8) is 0 Å². The Kier molecular flexibility index (Phi) is 6.58. The van der Waals surface area contributed by atoms with Crippen molar-refractivity contribution in [2.45, 2.75) is 58.0 Å². The SMILES string of the molecule is CC(C)(C)OC(=O)N1C[C@H]2CC[C@@H](C1)C2Cc1nc2c(-c3ccccc3C(F)(F)F)ccc(C(F)(F)F)n2n1. The molecule has 2 fully saturated rings. The lowest BCUT2D eigenvalue weighted by molar-refractivity contribution is -0.142. The molecule has 3 heterocycles. The number of benzene rings is 1. The number of hydrogen-bond donors (Lipinski definition) is 0. The van der Waals surface area contributed by atoms with Crippen LogP contribution in [0.3, 0.4) is 0 Å². The Balaban J connectivity index is 1.49. The predicted octanol–water partition coefficient (Wildman–Crippen LogP) is 6.87. The third-order valence-corrected chi connectivity index (χ3v) is 7.44. The number of halogens is 6. The minimum atomic E-state index is -4.79. The van der Waals surface area contributed by atoms with Crippen LogP contribution in [0.2, 0.25) is 0 Å². The molecule has 0 radical (unpaired) electrons. The molecule has 1 aliphatic carbocycles. The van der Waals surface area contributed by atoms with E-state index in [0.29, 0.717) is 17.6 Å². The molecule has 2 aromatic heterocycles. The summed E-state index contributed by atoms with van der Waals surface area (Å²) < 4.78 is 88.8. The summed E-state index contributed by atoms with van der Waals surface area (Å²) >= 11 is 0. The van der Waals surface area contributed by atoms with E-state index >= 15 is 0 Å². The molecule has 6 nitrogen and oxygen atoms in total. The van der Waals surface area contributed by atoms with E-state index < -0.39 is 35.3 Å². The van der Waals surface area contributed by atoms with Gasteiger partial charge in [0.1, 0.15) is 11.3 Å². The molecule has 0 N–H and O–H groups in total. The topological polar surface area (TPSA) is 59.7 Å². The van der Waals surface area contributed by atoms with Crippen LogP contribution in [0.1, 0.15) is 50.7 Å². The molecule has 1 aromatic carbocycles. The highest BCUT2D eigenvalue weighted by Gasteiger charge is 2.45. The van der Waals surface area contributed by atoms with Gasteiger partial charge in [0.15, 0.2) is 11.5 Å². The molecule has 2 aliphatic rings. The molecule has 210 valence electrons. The number of nitrogens with zero attached hydrogens (tertiary/aromatic N) is 4. The highest BCUT2D eigenvalue weighted by atomic mass is 19.4. The van der Waals surface area contributed by atoms with Crippen molar-refractivity contribution in [2.75, 3.05) is 13.1 Å². The zero-order chi connectivity index (χ0) is 28.3. The minimum Gasteiger partial charge on any atom is -0.444 e. The van der Waals surface area contributed by atoms with Gasteiger partial charge in [-0.1, -0.05) is 18.2 Å². The third kappa shape index (κ3) is 5.42. The van der Waals surface area contributed by atoms with Crippen molar-refractivity contribution in [3.8, 4) is 11.1 Å². The average molecular weight is 555 g/mol. The quantitative estimate of drug-likeness (QED) is 0.332. The van der Waals surface area contributed by atoms with Gasteiger partial charge >= 0.3 is 18.4 Å². The van der Waals surface area contributed by atoms with Gasteiger partial charge in [-0.2, -0.15) is 31.4 Å². The summed E-state index contributed by atoms with van der Waals surface area (Å²) in [4.78, 5) is 18.6. The summed E-state index contributed by atoms with van der Waals surface area (Å²) in [7, 11) is 0. The average Bonchev–Trinajstić information content (AvgIpc) is 3.32. The molecule has 1 saturated carbocycles. The van der Waals surface area contributed by atoms with Crippen molar-refractivity contribution < 1.29 is 35.9 Å². The highest BCUT2D eigenvalue weighted by Crippen LogP contribution is 2.44. The molecule has 5 rings (SSSR count). The predicted molar refractivity (Wildman–Crippen MR) is 130 cm³/mol. The molecule has 1 unspecified atom stereocenters. The minimum absolute atomic E-state index is 0.0290. The van der Waals surface area contributed by atoms with E-state index in [1.54, 1.807) is 25.7 Å². The Bertz CT molecular complexity index is 1380. The Morgan fingerprint density at radius 3 is 2.15 bits per heavy atom. The summed E-state index contributed by atoms with van der Waals surface area (Å²) in [6.07, 6.45) is -7.94. The third-order valence-electron chi connectivity index (χ3n) is 7.44. The van der Waals surface area contributed by atoms with E-state index in [4.69, 9.17) is 4.74 Å². The van der Waals surface area contributed by atoms with Crippen molar-refractivity contribution in [3.05, 3.63) is 53.5 Å². The van der Waals surface area contributed by atoms with Gasteiger partial charge in [-0.3, -0.25) is 0 Å². The van der Waals surface area contributed by atoms with Gasteiger partial charge in [-0.05, 0) is 75.1 Å². The molecule has 1 saturated heterocycles. The fraction of sp³-hybridized carbons (Fsp3) is 0.519. The number of fused-ring (bicyclic) bond motifs is 3. The highest BCUT2D eigenvalue weighted by molar-refractivity contribution is 5.80. The second kappa shape index (κ2) is 9.41.